The van der Waals surface area contributed by atoms with Crippen molar-refractivity contribution in [2.75, 3.05) is 5.32 Å². The second kappa shape index (κ2) is 5.59. The third-order valence-electron chi connectivity index (χ3n) is 4.05. The van der Waals surface area contributed by atoms with E-state index in [2.05, 4.69) is 10.4 Å². The van der Waals surface area contributed by atoms with Gasteiger partial charge < -0.3 is 9.88 Å². The largest absolute Gasteiger partial charge is 0.352 e. The van der Waals surface area contributed by atoms with Crippen molar-refractivity contribution >= 4 is 28.4 Å². The Balaban J connectivity index is 1.70. The van der Waals surface area contributed by atoms with Crippen LogP contribution in [0.3, 0.4) is 0 Å². The Hall–Kier alpha value is -3.42. The number of para-hydroxylation sites is 3. The van der Waals surface area contributed by atoms with Crippen LogP contribution in [0.2, 0.25) is 0 Å². The molecular formula is C17H14FN5O2. The molecule has 1 N–H and O–H groups in total. The molecule has 0 atom stereocenters. The average molecular weight is 339 g/mol. The predicted octanol–water partition coefficient (Wildman–Crippen LogP) is 1.77. The third kappa shape index (κ3) is 2.38. The number of rotatable bonds is 3. The fourth-order valence-corrected chi connectivity index (χ4v) is 2.86. The van der Waals surface area contributed by atoms with Crippen molar-refractivity contribution < 1.29 is 9.18 Å². The fourth-order valence-electron chi connectivity index (χ4n) is 2.86. The molecule has 0 fully saturated rings. The first kappa shape index (κ1) is 15.1. The molecule has 4 rings (SSSR count). The molecule has 2 aromatic heterocycles. The number of nitrogens with one attached hydrogen (secondary N) is 1. The fraction of sp³-hybridized carbons (Fsp3) is 0.118. The van der Waals surface area contributed by atoms with Gasteiger partial charge in [0.2, 0.25) is 11.7 Å². The lowest BCUT2D eigenvalue weighted by Crippen LogP contribution is -2.28. The number of hydrogen-bond acceptors (Lipinski definition) is 3. The van der Waals surface area contributed by atoms with Crippen molar-refractivity contribution in [2.24, 2.45) is 7.05 Å². The highest BCUT2D eigenvalue weighted by Crippen LogP contribution is 2.16. The zero-order valence-electron chi connectivity index (χ0n) is 13.3. The normalized spacial score (nSPS) is 11.3. The molecule has 7 nitrogen and oxygen atoms in total. The lowest BCUT2D eigenvalue weighted by atomic mass is 10.3. The summed E-state index contributed by atoms with van der Waals surface area (Å²) in [5.41, 5.74) is 1.22. The molecule has 0 aliphatic heterocycles. The van der Waals surface area contributed by atoms with Crippen molar-refractivity contribution in [1.29, 1.82) is 0 Å². The van der Waals surface area contributed by atoms with Crippen LogP contribution in [-0.2, 0) is 18.4 Å². The number of carbonyl (C=O) groups excluding carboxylic acids is 1. The number of benzene rings is 2. The number of amides is 1. The van der Waals surface area contributed by atoms with Gasteiger partial charge >= 0.3 is 5.69 Å². The molecule has 8 heteroatoms. The van der Waals surface area contributed by atoms with Crippen molar-refractivity contribution in [3.05, 3.63) is 64.8 Å². The van der Waals surface area contributed by atoms with Crippen molar-refractivity contribution in [1.82, 2.24) is 18.7 Å². The molecule has 2 aromatic carbocycles. The Bertz CT molecular complexity index is 1170. The van der Waals surface area contributed by atoms with Crippen LogP contribution in [0.4, 0.5) is 10.1 Å². The topological polar surface area (TPSA) is 73.3 Å². The molecule has 1 amide bonds. The Morgan fingerprint density at radius 2 is 1.80 bits per heavy atom. The van der Waals surface area contributed by atoms with E-state index in [4.69, 9.17) is 0 Å². The van der Waals surface area contributed by atoms with Gasteiger partial charge in [0.15, 0.2) is 0 Å². The minimum Gasteiger partial charge on any atom is -0.322 e. The van der Waals surface area contributed by atoms with Gasteiger partial charge in [0, 0.05) is 7.05 Å². The second-order valence-corrected chi connectivity index (χ2v) is 5.65. The molecule has 4 aromatic rings. The van der Waals surface area contributed by atoms with Crippen LogP contribution < -0.4 is 11.0 Å². The molecule has 25 heavy (non-hydrogen) atoms. The maximum absolute atomic E-state index is 13.6. The van der Waals surface area contributed by atoms with E-state index >= 15 is 0 Å². The van der Waals surface area contributed by atoms with E-state index in [0.29, 0.717) is 11.3 Å². The van der Waals surface area contributed by atoms with E-state index < -0.39 is 17.4 Å². The lowest BCUT2D eigenvalue weighted by molar-refractivity contribution is -0.117. The summed E-state index contributed by atoms with van der Waals surface area (Å²) in [6.07, 6.45) is 0. The zero-order valence-corrected chi connectivity index (χ0v) is 13.3. The molecule has 0 saturated carbocycles. The Labute approximate surface area is 140 Å². The van der Waals surface area contributed by atoms with Gasteiger partial charge in [0.05, 0.1) is 16.7 Å². The number of hydrogen-bond donors (Lipinski definition) is 1. The minimum atomic E-state index is -0.538. The van der Waals surface area contributed by atoms with Crippen LogP contribution in [-0.4, -0.2) is 24.7 Å². The molecule has 0 unspecified atom stereocenters. The van der Waals surface area contributed by atoms with Gasteiger partial charge in [-0.15, -0.1) is 5.10 Å². The van der Waals surface area contributed by atoms with E-state index in [1.807, 2.05) is 24.3 Å². The number of aryl methyl sites for hydroxylation is 1. The summed E-state index contributed by atoms with van der Waals surface area (Å²) in [6, 6.07) is 13.3. The Morgan fingerprint density at radius 1 is 1.12 bits per heavy atom. The zero-order chi connectivity index (χ0) is 17.6. The number of aromatic nitrogens is 4. The van der Waals surface area contributed by atoms with E-state index in [1.54, 1.807) is 17.7 Å². The van der Waals surface area contributed by atoms with Gasteiger partial charge in [0.25, 0.3) is 0 Å². The first-order valence-electron chi connectivity index (χ1n) is 7.63. The van der Waals surface area contributed by atoms with Gasteiger partial charge in [0.1, 0.15) is 12.4 Å². The molecule has 0 bridgehead atoms. The summed E-state index contributed by atoms with van der Waals surface area (Å²) >= 11 is 0. The summed E-state index contributed by atoms with van der Waals surface area (Å²) in [4.78, 5) is 24.7. The average Bonchev–Trinajstić information content (AvgIpc) is 3.06. The molecule has 0 aliphatic carbocycles. The smallest absolute Gasteiger partial charge is 0.322 e. The Morgan fingerprint density at radius 3 is 2.56 bits per heavy atom. The van der Waals surface area contributed by atoms with E-state index in [-0.39, 0.29) is 12.2 Å². The predicted molar refractivity (Wildman–Crippen MR) is 91.0 cm³/mol. The summed E-state index contributed by atoms with van der Waals surface area (Å²) < 4.78 is 17.9. The maximum atomic E-state index is 13.6. The van der Waals surface area contributed by atoms with Crippen LogP contribution in [0.1, 0.15) is 0 Å². The molecular weight excluding hydrogens is 325 g/mol. The molecule has 126 valence electrons. The first-order valence-corrected chi connectivity index (χ1v) is 7.63. The standard InChI is InChI=1S/C17H14FN5O2/c1-21-13-8-4-5-9-14(13)23-16(21)20-22(17(23)25)10-15(24)19-12-7-3-2-6-11(12)18/h2-9H,10H2,1H3,(H,19,24). The van der Waals surface area contributed by atoms with Crippen LogP contribution >= 0.6 is 0 Å². The molecule has 0 spiro atoms. The third-order valence-corrected chi connectivity index (χ3v) is 4.05. The van der Waals surface area contributed by atoms with Gasteiger partial charge in [-0.1, -0.05) is 24.3 Å². The SMILES string of the molecule is Cn1c2ccccc2n2c(=O)n(CC(=O)Nc3ccccc3F)nc12. The highest BCUT2D eigenvalue weighted by molar-refractivity contribution is 5.90. The monoisotopic (exact) mass is 339 g/mol. The van der Waals surface area contributed by atoms with Crippen molar-refractivity contribution in [3.63, 3.8) is 0 Å². The Kier molecular flexibility index (Phi) is 3.38. The summed E-state index contributed by atoms with van der Waals surface area (Å²) in [5, 5.41) is 6.67. The second-order valence-electron chi connectivity index (χ2n) is 5.65. The van der Waals surface area contributed by atoms with E-state index in [0.717, 1.165) is 10.2 Å². The van der Waals surface area contributed by atoms with Gasteiger partial charge in [-0.2, -0.15) is 0 Å². The van der Waals surface area contributed by atoms with Gasteiger partial charge in [-0.25, -0.2) is 18.3 Å². The van der Waals surface area contributed by atoms with Crippen LogP contribution in [0.25, 0.3) is 16.8 Å². The number of halogens is 1. The van der Waals surface area contributed by atoms with Crippen molar-refractivity contribution in [2.45, 2.75) is 6.54 Å². The summed E-state index contributed by atoms with van der Waals surface area (Å²) in [6.45, 7) is -0.302. The highest BCUT2D eigenvalue weighted by atomic mass is 19.1. The quantitative estimate of drug-likeness (QED) is 0.618. The molecule has 2 heterocycles. The lowest BCUT2D eigenvalue weighted by Gasteiger charge is -2.05. The van der Waals surface area contributed by atoms with Gasteiger partial charge in [-0.05, 0) is 24.3 Å². The number of carbonyl (C=O) groups is 1. The molecule has 0 aliphatic rings. The van der Waals surface area contributed by atoms with Crippen molar-refractivity contribution in [3.8, 4) is 0 Å². The number of fused-ring (bicyclic) bond motifs is 3. The maximum Gasteiger partial charge on any atom is 0.352 e. The molecule has 0 saturated heterocycles. The highest BCUT2D eigenvalue weighted by Gasteiger charge is 2.17. The van der Waals surface area contributed by atoms with Crippen LogP contribution in [0.15, 0.2) is 53.3 Å². The van der Waals surface area contributed by atoms with Crippen LogP contribution in [0, 0.1) is 5.82 Å². The van der Waals surface area contributed by atoms with E-state index in [1.165, 1.54) is 22.6 Å². The van der Waals surface area contributed by atoms with E-state index in [9.17, 15) is 14.0 Å². The number of imidazole rings is 1. The van der Waals surface area contributed by atoms with Crippen LogP contribution in [0.5, 0.6) is 0 Å². The molecule has 0 radical (unpaired) electrons. The first-order chi connectivity index (χ1) is 12.1. The number of nitrogens with zero attached hydrogens (tertiary/aromatic N) is 4. The summed E-state index contributed by atoms with van der Waals surface area (Å²) in [5.74, 6) is -0.631. The summed E-state index contributed by atoms with van der Waals surface area (Å²) in [7, 11) is 1.80. The number of anilines is 1. The minimum absolute atomic E-state index is 0.0646. The van der Waals surface area contributed by atoms with Gasteiger partial charge in [-0.3, -0.25) is 4.79 Å².